The summed E-state index contributed by atoms with van der Waals surface area (Å²) < 4.78 is 0. The maximum atomic E-state index is 13.0. The van der Waals surface area contributed by atoms with Gasteiger partial charge in [-0.25, -0.2) is 0 Å². The molecule has 2 rings (SSSR count). The molecule has 300 valence electrons. The van der Waals surface area contributed by atoms with Gasteiger partial charge in [0.05, 0.1) is 0 Å². The predicted octanol–water partition coefficient (Wildman–Crippen LogP) is 10.5. The standard InChI is InChI=1S/C45H74N2O4S2/c1-29(53-21-19-37(49)47-45(16,17)27-31-24-34(42(8,9)10)39(51)35(25-31)43(11,12)13)28-52-20-18-36(48)46-44(14,15)26-30-22-32(40(2,3)4)38(50)33(23-30)41(5,6)7/h22-25,29,50-51H,18-21,26-28H2,1-17H3,(H,46,48)(H,47,49). The van der Waals surface area contributed by atoms with Crippen LogP contribution in [0.3, 0.4) is 0 Å². The van der Waals surface area contributed by atoms with Crippen molar-refractivity contribution in [1.29, 1.82) is 0 Å². The molecule has 2 amide bonds. The largest absolute Gasteiger partial charge is 0.507 e. The molecule has 0 saturated heterocycles. The molecule has 0 radical (unpaired) electrons. The summed E-state index contributed by atoms with van der Waals surface area (Å²) in [6, 6.07) is 8.39. The van der Waals surface area contributed by atoms with Crippen LogP contribution in [-0.2, 0) is 44.1 Å². The van der Waals surface area contributed by atoms with E-state index in [1.165, 1.54) is 0 Å². The van der Waals surface area contributed by atoms with Crippen molar-refractivity contribution in [3.8, 4) is 11.5 Å². The molecular weight excluding hydrogens is 697 g/mol. The van der Waals surface area contributed by atoms with Gasteiger partial charge in [0, 0.05) is 46.4 Å². The highest BCUT2D eigenvalue weighted by atomic mass is 32.2. The van der Waals surface area contributed by atoms with Crippen molar-refractivity contribution in [3.63, 3.8) is 0 Å². The summed E-state index contributed by atoms with van der Waals surface area (Å²) in [6.45, 7) is 35.8. The number of thioether (sulfide) groups is 2. The first kappa shape index (κ1) is 46.8. The Balaban J connectivity index is 1.84. The van der Waals surface area contributed by atoms with E-state index in [1.807, 2.05) is 0 Å². The maximum Gasteiger partial charge on any atom is 0.221 e. The maximum absolute atomic E-state index is 13.0. The summed E-state index contributed by atoms with van der Waals surface area (Å²) in [4.78, 5) is 26.0. The van der Waals surface area contributed by atoms with E-state index < -0.39 is 11.1 Å². The lowest BCUT2D eigenvalue weighted by Gasteiger charge is -2.31. The van der Waals surface area contributed by atoms with Gasteiger partial charge in [0.2, 0.25) is 11.8 Å². The third-order valence-corrected chi connectivity index (χ3v) is 12.0. The Bertz CT molecular complexity index is 1500. The Morgan fingerprint density at radius 3 is 1.17 bits per heavy atom. The van der Waals surface area contributed by atoms with Gasteiger partial charge in [0.15, 0.2) is 0 Å². The van der Waals surface area contributed by atoms with Crippen LogP contribution >= 0.6 is 23.5 Å². The fourth-order valence-electron chi connectivity index (χ4n) is 6.68. The van der Waals surface area contributed by atoms with E-state index in [0.29, 0.717) is 42.4 Å². The van der Waals surface area contributed by atoms with Crippen molar-refractivity contribution < 1.29 is 19.8 Å². The van der Waals surface area contributed by atoms with E-state index >= 15 is 0 Å². The Hall–Kier alpha value is -2.32. The Morgan fingerprint density at radius 2 is 0.868 bits per heavy atom. The van der Waals surface area contributed by atoms with Crippen molar-refractivity contribution in [2.45, 2.75) is 181 Å². The summed E-state index contributed by atoms with van der Waals surface area (Å²) >= 11 is 3.57. The Kier molecular flexibility index (Phi) is 15.6. The number of rotatable bonds is 15. The molecule has 0 aliphatic carbocycles. The smallest absolute Gasteiger partial charge is 0.221 e. The number of hydrogen-bond donors (Lipinski definition) is 4. The van der Waals surface area contributed by atoms with E-state index in [-0.39, 0.29) is 33.5 Å². The molecule has 0 bridgehead atoms. The van der Waals surface area contributed by atoms with Gasteiger partial charge in [-0.2, -0.15) is 23.5 Å². The van der Waals surface area contributed by atoms with Crippen molar-refractivity contribution >= 4 is 35.3 Å². The minimum atomic E-state index is -0.436. The summed E-state index contributed by atoms with van der Waals surface area (Å²) in [5.41, 5.74) is 4.29. The molecule has 0 aliphatic rings. The minimum Gasteiger partial charge on any atom is -0.507 e. The zero-order valence-electron chi connectivity index (χ0n) is 36.4. The molecule has 0 aliphatic heterocycles. The van der Waals surface area contributed by atoms with Crippen LogP contribution in [-0.4, -0.2) is 55.6 Å². The van der Waals surface area contributed by atoms with Gasteiger partial charge in [-0.05, 0) is 95.6 Å². The summed E-state index contributed by atoms with van der Waals surface area (Å²) in [7, 11) is 0. The van der Waals surface area contributed by atoms with Crippen LogP contribution in [0.5, 0.6) is 11.5 Å². The summed E-state index contributed by atoms with van der Waals surface area (Å²) in [5, 5.41) is 29.1. The molecule has 6 nitrogen and oxygen atoms in total. The number of benzene rings is 2. The molecule has 0 fully saturated rings. The van der Waals surface area contributed by atoms with E-state index in [9.17, 15) is 19.8 Å². The Labute approximate surface area is 332 Å². The normalized spacial score (nSPS) is 13.9. The quantitative estimate of drug-likeness (QED) is 0.135. The van der Waals surface area contributed by atoms with Crippen LogP contribution in [0.1, 0.15) is 164 Å². The van der Waals surface area contributed by atoms with Gasteiger partial charge < -0.3 is 20.8 Å². The van der Waals surface area contributed by atoms with Gasteiger partial charge in [-0.1, -0.05) is 114 Å². The second-order valence-electron chi connectivity index (χ2n) is 20.6. The molecule has 1 atom stereocenters. The first-order valence-electron chi connectivity index (χ1n) is 19.4. The van der Waals surface area contributed by atoms with Crippen molar-refractivity contribution in [2.24, 2.45) is 0 Å². The molecule has 0 saturated carbocycles. The number of nitrogens with one attached hydrogen (secondary N) is 2. The second-order valence-corrected chi connectivity index (χ2v) is 23.2. The van der Waals surface area contributed by atoms with Gasteiger partial charge in [0.1, 0.15) is 11.5 Å². The van der Waals surface area contributed by atoms with Gasteiger partial charge in [-0.3, -0.25) is 9.59 Å². The third-order valence-electron chi connectivity index (χ3n) is 9.38. The Morgan fingerprint density at radius 1 is 0.566 bits per heavy atom. The highest BCUT2D eigenvalue weighted by Gasteiger charge is 2.30. The molecule has 53 heavy (non-hydrogen) atoms. The molecule has 8 heteroatoms. The van der Waals surface area contributed by atoms with Crippen molar-refractivity contribution in [3.05, 3.63) is 57.6 Å². The molecule has 1 unspecified atom stereocenters. The molecule has 0 aromatic heterocycles. The monoisotopic (exact) mass is 771 g/mol. The molecule has 2 aromatic rings. The predicted molar refractivity (Wildman–Crippen MR) is 231 cm³/mol. The number of hydrogen-bond acceptors (Lipinski definition) is 6. The zero-order chi connectivity index (χ0) is 41.0. The average Bonchev–Trinajstić information content (AvgIpc) is 2.93. The van der Waals surface area contributed by atoms with Crippen LogP contribution in [0, 0.1) is 0 Å². The first-order valence-corrected chi connectivity index (χ1v) is 21.6. The van der Waals surface area contributed by atoms with E-state index in [4.69, 9.17) is 0 Å². The van der Waals surface area contributed by atoms with E-state index in [2.05, 4.69) is 153 Å². The van der Waals surface area contributed by atoms with Crippen LogP contribution in [0.2, 0.25) is 0 Å². The van der Waals surface area contributed by atoms with Gasteiger partial charge in [-0.15, -0.1) is 0 Å². The second kappa shape index (κ2) is 17.6. The number of amides is 2. The van der Waals surface area contributed by atoms with Gasteiger partial charge >= 0.3 is 0 Å². The fraction of sp³-hybridized carbons (Fsp3) is 0.689. The highest BCUT2D eigenvalue weighted by Crippen LogP contribution is 2.42. The van der Waals surface area contributed by atoms with E-state index in [1.54, 1.807) is 23.5 Å². The van der Waals surface area contributed by atoms with Gasteiger partial charge in [0.25, 0.3) is 0 Å². The molecular formula is C45H74N2O4S2. The number of carbonyl (C=O) groups excluding carboxylic acids is 2. The summed E-state index contributed by atoms with van der Waals surface area (Å²) in [6.07, 6.45) is 2.24. The molecule has 2 aromatic carbocycles. The van der Waals surface area contributed by atoms with Crippen LogP contribution in [0.25, 0.3) is 0 Å². The number of carbonyl (C=O) groups is 2. The van der Waals surface area contributed by atoms with Crippen LogP contribution < -0.4 is 10.6 Å². The first-order chi connectivity index (χ1) is 23.8. The lowest BCUT2D eigenvalue weighted by atomic mass is 9.77. The molecule has 4 N–H and O–H groups in total. The highest BCUT2D eigenvalue weighted by molar-refractivity contribution is 8.03. The fourth-order valence-corrected chi connectivity index (χ4v) is 8.89. The lowest BCUT2D eigenvalue weighted by Crippen LogP contribution is -2.45. The van der Waals surface area contributed by atoms with Crippen molar-refractivity contribution in [1.82, 2.24) is 10.6 Å². The molecule has 0 spiro atoms. The zero-order valence-corrected chi connectivity index (χ0v) is 38.0. The SMILES string of the molecule is CC(CSCCC(=O)NC(C)(C)Cc1cc(C(C)(C)C)c(O)c(C(C)(C)C)c1)SCCC(=O)NC(C)(C)Cc1cc(C(C)(C)C)c(O)c(C(C)(C)C)c1. The van der Waals surface area contributed by atoms with E-state index in [0.717, 1.165) is 50.6 Å². The van der Waals surface area contributed by atoms with Crippen LogP contribution in [0.15, 0.2) is 24.3 Å². The topological polar surface area (TPSA) is 98.7 Å². The van der Waals surface area contributed by atoms with Crippen molar-refractivity contribution in [2.75, 3.05) is 17.3 Å². The molecule has 0 heterocycles. The lowest BCUT2D eigenvalue weighted by molar-refractivity contribution is -0.123. The number of phenolic OH excluding ortho intramolecular Hbond substituents is 2. The third kappa shape index (κ3) is 15.0. The number of aromatic hydroxyl groups is 2. The minimum absolute atomic E-state index is 0.0454. The summed E-state index contributed by atoms with van der Waals surface area (Å²) in [5.74, 6) is 3.24. The van der Waals surface area contributed by atoms with Crippen LogP contribution in [0.4, 0.5) is 0 Å². The number of phenols is 2. The average molecular weight is 771 g/mol.